The van der Waals surface area contributed by atoms with E-state index < -0.39 is 24.1 Å². The van der Waals surface area contributed by atoms with E-state index in [0.29, 0.717) is 16.6 Å². The van der Waals surface area contributed by atoms with Crippen LogP contribution in [-0.4, -0.2) is 74.4 Å². The monoisotopic (exact) mass is 548 g/mol. The Morgan fingerprint density at radius 1 is 0.973 bits per heavy atom. The minimum absolute atomic E-state index is 0.0161. The molecule has 5 heterocycles. The van der Waals surface area contributed by atoms with E-state index in [0.717, 1.165) is 32.6 Å². The number of aryl methyl sites for hydroxylation is 1. The van der Waals surface area contributed by atoms with Crippen LogP contribution < -0.4 is 9.80 Å². The fraction of sp³-hybridized carbons (Fsp3) is 0.571. The van der Waals surface area contributed by atoms with Crippen LogP contribution in [0.2, 0.25) is 0 Å². The van der Waals surface area contributed by atoms with E-state index in [-0.39, 0.29) is 51.6 Å². The molecule has 3 aromatic rings. The molecule has 0 spiro atoms. The van der Waals surface area contributed by atoms with Crippen LogP contribution in [0, 0.1) is 0 Å². The highest BCUT2D eigenvalue weighted by Gasteiger charge is 2.43. The molecule has 37 heavy (non-hydrogen) atoms. The molecule has 5 rings (SSSR count). The maximum atomic E-state index is 13.3. The van der Waals surface area contributed by atoms with Crippen molar-refractivity contribution >= 4 is 39.2 Å². The largest absolute Gasteiger partial charge is 0.471 e. The zero-order valence-electron chi connectivity index (χ0n) is 19.6. The van der Waals surface area contributed by atoms with Gasteiger partial charge in [-0.25, -0.2) is 4.98 Å². The third-order valence-corrected chi connectivity index (χ3v) is 7.40. The summed E-state index contributed by atoms with van der Waals surface area (Å²) in [5.41, 5.74) is 0. The number of amides is 1. The second-order valence-electron chi connectivity index (χ2n) is 8.82. The van der Waals surface area contributed by atoms with Gasteiger partial charge in [0.15, 0.2) is 5.82 Å². The van der Waals surface area contributed by atoms with Gasteiger partial charge in [-0.15, -0.1) is 21.5 Å². The van der Waals surface area contributed by atoms with Gasteiger partial charge in [0, 0.05) is 44.1 Å². The van der Waals surface area contributed by atoms with Crippen molar-refractivity contribution in [2.24, 2.45) is 0 Å². The molecule has 200 valence electrons. The van der Waals surface area contributed by atoms with Crippen LogP contribution in [0.5, 0.6) is 0 Å². The fourth-order valence-electron chi connectivity index (χ4n) is 4.53. The van der Waals surface area contributed by atoms with Gasteiger partial charge in [-0.3, -0.25) is 4.79 Å². The summed E-state index contributed by atoms with van der Waals surface area (Å²) in [7, 11) is 0. The van der Waals surface area contributed by atoms with Crippen molar-refractivity contribution in [1.82, 2.24) is 29.6 Å². The average Bonchev–Trinajstić information content (AvgIpc) is 3.46. The van der Waals surface area contributed by atoms with Gasteiger partial charge in [0.25, 0.3) is 0 Å². The van der Waals surface area contributed by atoms with E-state index in [1.807, 2.05) is 17.9 Å². The minimum Gasteiger partial charge on any atom is -0.347 e. The summed E-state index contributed by atoms with van der Waals surface area (Å²) in [6, 6.07) is 1.98. The van der Waals surface area contributed by atoms with E-state index in [4.69, 9.17) is 4.98 Å². The molecule has 2 aliphatic rings. The van der Waals surface area contributed by atoms with Crippen molar-refractivity contribution in [3.8, 4) is 0 Å². The lowest BCUT2D eigenvalue weighted by Gasteiger charge is -2.35. The quantitative estimate of drug-likeness (QED) is 0.462. The van der Waals surface area contributed by atoms with Crippen LogP contribution in [0.3, 0.4) is 0 Å². The Balaban J connectivity index is 1.45. The first-order valence-corrected chi connectivity index (χ1v) is 12.4. The zero-order chi connectivity index (χ0) is 26.5. The number of piperazine rings is 1. The van der Waals surface area contributed by atoms with Crippen molar-refractivity contribution in [3.05, 3.63) is 22.6 Å². The van der Waals surface area contributed by atoms with Crippen LogP contribution in [0.25, 0.3) is 10.2 Å². The summed E-state index contributed by atoms with van der Waals surface area (Å²) in [5.74, 6) is -1.93. The predicted molar refractivity (Wildman–Crippen MR) is 122 cm³/mol. The smallest absolute Gasteiger partial charge is 0.347 e. The Morgan fingerprint density at radius 2 is 1.68 bits per heavy atom. The highest BCUT2D eigenvalue weighted by atomic mass is 32.1. The molecular weight excluding hydrogens is 526 g/mol. The minimum atomic E-state index is -4.93. The van der Waals surface area contributed by atoms with Crippen LogP contribution in [0.15, 0.2) is 6.07 Å². The number of fused-ring (bicyclic) bond motifs is 2. The maximum Gasteiger partial charge on any atom is 0.471 e. The second kappa shape index (κ2) is 9.29. The summed E-state index contributed by atoms with van der Waals surface area (Å²) in [5, 5.41) is 7.83. The number of alkyl halides is 6. The maximum absolute atomic E-state index is 13.3. The number of hydrogen-bond acceptors (Lipinski definition) is 8. The number of carbonyl (C=O) groups is 1. The van der Waals surface area contributed by atoms with E-state index in [9.17, 15) is 31.1 Å². The van der Waals surface area contributed by atoms with Crippen LogP contribution in [0.1, 0.15) is 29.9 Å². The van der Waals surface area contributed by atoms with E-state index in [2.05, 4.69) is 15.2 Å². The van der Waals surface area contributed by atoms with E-state index in [1.165, 1.54) is 11.3 Å². The third-order valence-electron chi connectivity index (χ3n) is 6.31. The van der Waals surface area contributed by atoms with Crippen LogP contribution in [0.4, 0.5) is 38.1 Å². The molecule has 0 aliphatic carbocycles. The van der Waals surface area contributed by atoms with Gasteiger partial charge in [0.1, 0.15) is 10.6 Å². The molecule has 0 N–H and O–H groups in total. The highest BCUT2D eigenvalue weighted by molar-refractivity contribution is 7.18. The number of halogens is 6. The van der Waals surface area contributed by atoms with Crippen molar-refractivity contribution < 1.29 is 31.1 Å². The normalized spacial score (nSPS) is 17.0. The molecule has 0 radical (unpaired) electrons. The molecule has 16 heteroatoms. The van der Waals surface area contributed by atoms with Gasteiger partial charge in [-0.2, -0.15) is 31.3 Å². The first-order chi connectivity index (χ1) is 17.5. The van der Waals surface area contributed by atoms with E-state index in [1.54, 1.807) is 4.90 Å². The van der Waals surface area contributed by atoms with Gasteiger partial charge in [-0.05, 0) is 12.5 Å². The Bertz CT molecular complexity index is 1310. The zero-order valence-corrected chi connectivity index (χ0v) is 20.4. The third kappa shape index (κ3) is 4.90. The Hall–Kier alpha value is -3.17. The van der Waals surface area contributed by atoms with Crippen molar-refractivity contribution in [3.63, 3.8) is 0 Å². The van der Waals surface area contributed by atoms with Gasteiger partial charge >= 0.3 is 18.3 Å². The SMILES string of the molecule is CCCc1cc2c(N3CCn4c(nnc4C(F)(F)F)C3)nc(N3CCN(C(=O)C(F)(F)F)CC3)nc2s1. The predicted octanol–water partition coefficient (Wildman–Crippen LogP) is 3.49. The lowest BCUT2D eigenvalue weighted by molar-refractivity contribution is -0.185. The van der Waals surface area contributed by atoms with Gasteiger partial charge < -0.3 is 19.3 Å². The number of nitrogens with zero attached hydrogens (tertiary/aromatic N) is 8. The molecule has 0 bridgehead atoms. The van der Waals surface area contributed by atoms with Crippen LogP contribution in [-0.2, 0) is 30.5 Å². The lowest BCUT2D eigenvalue weighted by Crippen LogP contribution is -2.52. The second-order valence-corrected chi connectivity index (χ2v) is 9.93. The first kappa shape index (κ1) is 25.5. The number of thiophene rings is 1. The molecule has 1 saturated heterocycles. The summed E-state index contributed by atoms with van der Waals surface area (Å²) in [6.07, 6.45) is -7.82. The van der Waals surface area contributed by atoms with Gasteiger partial charge in [0.2, 0.25) is 11.8 Å². The Labute approximate surface area is 210 Å². The fourth-order valence-corrected chi connectivity index (χ4v) is 5.65. The molecule has 2 aliphatic heterocycles. The topological polar surface area (TPSA) is 83.3 Å². The number of aromatic nitrogens is 5. The number of anilines is 2. The standard InChI is InChI=1S/C21H22F6N8OS/c1-2-3-12-10-13-15(34-8-9-35-14(11-34)30-31-17(35)20(22,23)24)28-19(29-16(13)37-12)33-6-4-32(5-7-33)18(36)21(25,26)27/h10H,2-9,11H2,1H3. The first-order valence-electron chi connectivity index (χ1n) is 11.6. The van der Waals surface area contributed by atoms with Crippen molar-refractivity contribution in [1.29, 1.82) is 0 Å². The summed E-state index contributed by atoms with van der Waals surface area (Å²) < 4.78 is 79.3. The average molecular weight is 549 g/mol. The number of carbonyl (C=O) groups excluding carboxylic acids is 1. The molecule has 1 amide bonds. The molecular formula is C21H22F6N8OS. The molecule has 3 aromatic heterocycles. The lowest BCUT2D eigenvalue weighted by atomic mass is 10.2. The number of rotatable bonds is 4. The molecule has 0 saturated carbocycles. The summed E-state index contributed by atoms with van der Waals surface area (Å²) in [6.45, 7) is 2.31. The highest BCUT2D eigenvalue weighted by Crippen LogP contribution is 2.36. The Morgan fingerprint density at radius 3 is 2.32 bits per heavy atom. The molecule has 0 aromatic carbocycles. The summed E-state index contributed by atoms with van der Waals surface area (Å²) >= 11 is 1.48. The molecule has 0 atom stereocenters. The molecule has 9 nitrogen and oxygen atoms in total. The van der Waals surface area contributed by atoms with Crippen molar-refractivity contribution in [2.75, 3.05) is 42.5 Å². The van der Waals surface area contributed by atoms with Crippen LogP contribution >= 0.6 is 11.3 Å². The Kier molecular flexibility index (Phi) is 6.40. The summed E-state index contributed by atoms with van der Waals surface area (Å²) in [4.78, 5) is 27.0. The van der Waals surface area contributed by atoms with E-state index >= 15 is 0 Å². The van der Waals surface area contributed by atoms with Gasteiger partial charge in [-0.1, -0.05) is 13.3 Å². The van der Waals surface area contributed by atoms with Crippen molar-refractivity contribution in [2.45, 2.75) is 45.2 Å². The molecule has 1 fully saturated rings. The van der Waals surface area contributed by atoms with Gasteiger partial charge in [0.05, 0.1) is 11.9 Å². The molecule has 0 unspecified atom stereocenters. The number of hydrogen-bond donors (Lipinski definition) is 0.